The Balaban J connectivity index is 1.70. The Morgan fingerprint density at radius 1 is 0.189 bits per heavy atom. The van der Waals surface area contributed by atoms with Gasteiger partial charge in [0, 0.05) is 6.16 Å². The molecule has 10 heteroatoms. The number of benzene rings is 4. The number of unbranched alkanes of at least 4 members (excludes halogenated alkanes) is 60. The molecule has 0 fully saturated rings. The molecule has 0 aliphatic heterocycles. The summed E-state index contributed by atoms with van der Waals surface area (Å²) in [6, 6.07) is 13.9. The summed E-state index contributed by atoms with van der Waals surface area (Å²) in [6.07, 6.45) is 83.3. The van der Waals surface area contributed by atoms with Crippen LogP contribution in [-0.2, 0) is 4.57 Å². The highest BCUT2D eigenvalue weighted by Gasteiger charge is 2.22. The molecule has 4 rings (SSSR count). The summed E-state index contributed by atoms with van der Waals surface area (Å²) in [4.78, 5) is 18.2. The van der Waals surface area contributed by atoms with Crippen LogP contribution in [0.5, 0.6) is 34.5 Å². The molecule has 4 aromatic rings. The Hall–Kier alpha value is -3.39. The van der Waals surface area contributed by atoms with Gasteiger partial charge in [0.2, 0.25) is 0 Å². The van der Waals surface area contributed by atoms with Gasteiger partial charge in [-0.2, -0.15) is 0 Å². The van der Waals surface area contributed by atoms with Crippen molar-refractivity contribution >= 4 is 39.9 Å². The number of hydrogen-bond donors (Lipinski definition) is 2. The number of fused-ring (bicyclic) bond motifs is 6. The predicted molar refractivity (Wildman–Crippen MR) is 462 cm³/mol. The summed E-state index contributed by atoms with van der Waals surface area (Å²) < 4.78 is 53.2. The Morgan fingerprint density at radius 3 is 0.425 bits per heavy atom. The lowest BCUT2D eigenvalue weighted by Crippen LogP contribution is -2.05. The third kappa shape index (κ3) is 47.7. The molecule has 0 heterocycles. The van der Waals surface area contributed by atoms with Gasteiger partial charge in [0.05, 0.1) is 39.6 Å². The third-order valence-corrected chi connectivity index (χ3v) is 23.4. The van der Waals surface area contributed by atoms with Crippen LogP contribution >= 0.6 is 7.60 Å². The summed E-state index contributed by atoms with van der Waals surface area (Å²) in [6.45, 7) is 15.5. The molecular formula is C96H169O9P. The van der Waals surface area contributed by atoms with Crippen molar-refractivity contribution < 1.29 is 42.8 Å². The summed E-state index contributed by atoms with van der Waals surface area (Å²) in [5.41, 5.74) is 0. The van der Waals surface area contributed by atoms with Gasteiger partial charge >= 0.3 is 7.60 Å². The van der Waals surface area contributed by atoms with Gasteiger partial charge in [0.25, 0.3) is 0 Å². The van der Waals surface area contributed by atoms with Crippen LogP contribution in [0.1, 0.15) is 458 Å². The highest BCUT2D eigenvalue weighted by molar-refractivity contribution is 7.51. The van der Waals surface area contributed by atoms with E-state index in [2.05, 4.69) is 71.0 Å². The third-order valence-electron chi connectivity index (χ3n) is 22.5. The Bertz CT molecular complexity index is 2640. The molecule has 0 amide bonds. The molecule has 9 nitrogen and oxygen atoms in total. The van der Waals surface area contributed by atoms with Crippen molar-refractivity contribution in [2.75, 3.05) is 45.8 Å². The van der Waals surface area contributed by atoms with Gasteiger partial charge in [-0.3, -0.25) is 4.57 Å². The summed E-state index contributed by atoms with van der Waals surface area (Å²) in [5, 5.41) is 6.86. The lowest BCUT2D eigenvalue weighted by atomic mass is 9.93. The smallest absolute Gasteiger partial charge is 0.325 e. The first-order valence-electron chi connectivity index (χ1n) is 46.6. The molecule has 0 saturated carbocycles. The number of rotatable bonds is 80. The second-order valence-electron chi connectivity index (χ2n) is 32.6. The van der Waals surface area contributed by atoms with Crippen LogP contribution in [-0.4, -0.2) is 55.6 Å². The van der Waals surface area contributed by atoms with Gasteiger partial charge in [-0.05, 0) is 114 Å². The molecule has 0 unspecified atom stereocenters. The Morgan fingerprint density at radius 2 is 0.302 bits per heavy atom. The summed E-state index contributed by atoms with van der Waals surface area (Å²) in [5.74, 6) is 5.04. The minimum absolute atomic E-state index is 0.0311. The topological polar surface area (TPSA) is 113 Å². The minimum atomic E-state index is -3.85. The van der Waals surface area contributed by atoms with Crippen molar-refractivity contribution in [1.82, 2.24) is 0 Å². The molecule has 0 spiro atoms. The summed E-state index contributed by atoms with van der Waals surface area (Å²) >= 11 is 0. The van der Waals surface area contributed by atoms with Crippen molar-refractivity contribution in [3.8, 4) is 34.5 Å². The second kappa shape index (κ2) is 67.3. The molecule has 4 aromatic carbocycles. The zero-order valence-electron chi connectivity index (χ0n) is 70.3. The van der Waals surface area contributed by atoms with Gasteiger partial charge in [-0.25, -0.2) is 0 Å². The van der Waals surface area contributed by atoms with Crippen molar-refractivity contribution in [1.29, 1.82) is 0 Å². The lowest BCUT2D eigenvalue weighted by Gasteiger charge is -2.21. The molecule has 0 aliphatic carbocycles. The normalized spacial score (nSPS) is 11.9. The van der Waals surface area contributed by atoms with Crippen LogP contribution in [0.4, 0.5) is 0 Å². The first-order valence-corrected chi connectivity index (χ1v) is 48.4. The van der Waals surface area contributed by atoms with Gasteiger partial charge in [0.15, 0.2) is 34.5 Å². The Kier molecular flexibility index (Phi) is 60.3. The maximum absolute atomic E-state index is 11.1. The highest BCUT2D eigenvalue weighted by atomic mass is 31.2. The first kappa shape index (κ1) is 95.0. The SMILES string of the molecule is CCCCCCCCCCCCOc1cc2c3cc(OCCCCCCCCCCCC)c(OCCCCCCCCCCCC)cc3c3cc(OCCCCCCCCCCCCCCCCCCP(=O)(O)O)c(OCCCCCCCCCCCC)cc3c2cc1OCCCCCCCCCCCC. The molecule has 0 aromatic heterocycles. The minimum Gasteiger partial charge on any atom is -0.490 e. The quantitative estimate of drug-likeness (QED) is 0.0253. The molecule has 0 atom stereocenters. The maximum Gasteiger partial charge on any atom is 0.325 e. The van der Waals surface area contributed by atoms with E-state index in [0.717, 1.165) is 125 Å². The standard InChI is InChI=1S/C96H169O9P/c1-6-11-16-21-26-31-44-51-58-65-72-100-91-79-85-86-80-92(101-73-66-59-52-45-32-27-22-17-12-7-2)94(103-75-68-61-54-47-34-29-24-19-14-9-4)82-88(86)90-84-96(105-77-70-63-56-49-42-40-38-36-37-39-41-43-50-57-64-71-78-106(97,98)99)95(104-76-69-62-55-48-35-30-25-20-15-10-5)83-89(90)87(85)81-93(91)102-74-67-60-53-46-33-28-23-18-13-8-3/h79-84H,6-78H2,1-5H3,(H2,97,98,99). The van der Waals surface area contributed by atoms with Gasteiger partial charge < -0.3 is 38.2 Å². The molecule has 0 radical (unpaired) electrons. The molecule has 0 saturated heterocycles. The zero-order valence-corrected chi connectivity index (χ0v) is 71.2. The fraction of sp³-hybridized carbons (Fsp3) is 0.812. The Labute approximate surface area is 654 Å². The van der Waals surface area contributed by atoms with E-state index >= 15 is 0 Å². The zero-order chi connectivity index (χ0) is 75.5. The van der Waals surface area contributed by atoms with E-state index in [0.29, 0.717) is 46.1 Å². The van der Waals surface area contributed by atoms with Crippen molar-refractivity contribution in [2.45, 2.75) is 458 Å². The van der Waals surface area contributed by atoms with E-state index < -0.39 is 7.60 Å². The van der Waals surface area contributed by atoms with Crippen molar-refractivity contribution in [3.63, 3.8) is 0 Å². The fourth-order valence-electron chi connectivity index (χ4n) is 15.6. The van der Waals surface area contributed by atoms with E-state index in [1.54, 1.807) is 0 Å². The van der Waals surface area contributed by atoms with Crippen molar-refractivity contribution in [3.05, 3.63) is 36.4 Å². The second-order valence-corrected chi connectivity index (χ2v) is 34.4. The van der Waals surface area contributed by atoms with Crippen molar-refractivity contribution in [2.24, 2.45) is 0 Å². The van der Waals surface area contributed by atoms with Crippen LogP contribution in [0.2, 0.25) is 0 Å². The van der Waals surface area contributed by atoms with E-state index in [-0.39, 0.29) is 6.16 Å². The van der Waals surface area contributed by atoms with E-state index in [1.807, 2.05) is 0 Å². The van der Waals surface area contributed by atoms with Crippen LogP contribution in [0.25, 0.3) is 32.3 Å². The molecule has 2 N–H and O–H groups in total. The molecular weight excluding hydrogens is 1330 g/mol. The van der Waals surface area contributed by atoms with Gasteiger partial charge in [-0.15, -0.1) is 0 Å². The summed E-state index contributed by atoms with van der Waals surface area (Å²) in [7, 11) is -3.85. The average molecular weight is 1500 g/mol. The monoisotopic (exact) mass is 1500 g/mol. The largest absolute Gasteiger partial charge is 0.490 e. The predicted octanol–water partition coefficient (Wildman–Crippen LogP) is 32.4. The first-order chi connectivity index (χ1) is 52.2. The van der Waals surface area contributed by atoms with Crippen LogP contribution in [0.3, 0.4) is 0 Å². The molecule has 106 heavy (non-hydrogen) atoms. The van der Waals surface area contributed by atoms with Gasteiger partial charge in [-0.1, -0.05) is 413 Å². The van der Waals surface area contributed by atoms with Crippen LogP contribution < -0.4 is 28.4 Å². The molecule has 612 valence electrons. The highest BCUT2D eigenvalue weighted by Crippen LogP contribution is 2.48. The van der Waals surface area contributed by atoms with E-state index in [4.69, 9.17) is 38.2 Å². The van der Waals surface area contributed by atoms with E-state index in [9.17, 15) is 4.57 Å². The molecule has 0 bridgehead atoms. The van der Waals surface area contributed by atoms with Crippen LogP contribution in [0, 0.1) is 0 Å². The molecule has 0 aliphatic rings. The van der Waals surface area contributed by atoms with Gasteiger partial charge in [0.1, 0.15) is 0 Å². The fourth-order valence-corrected chi connectivity index (χ4v) is 16.3. The van der Waals surface area contributed by atoms with E-state index in [1.165, 1.54) is 360 Å². The average Bonchev–Trinajstić information content (AvgIpc) is 0.727. The number of hydrogen-bond acceptors (Lipinski definition) is 7. The lowest BCUT2D eigenvalue weighted by molar-refractivity contribution is 0.258. The number of ether oxygens (including phenoxy) is 6. The van der Waals surface area contributed by atoms with Crippen LogP contribution in [0.15, 0.2) is 36.4 Å². The maximum atomic E-state index is 11.1.